The van der Waals surface area contributed by atoms with Gasteiger partial charge in [-0.3, -0.25) is 14.4 Å². The van der Waals surface area contributed by atoms with Gasteiger partial charge in [0.05, 0.1) is 11.8 Å². The van der Waals surface area contributed by atoms with Gasteiger partial charge >= 0.3 is 5.97 Å². The maximum Gasteiger partial charge on any atom is 0.308 e. The summed E-state index contributed by atoms with van der Waals surface area (Å²) in [7, 11) is 0. The van der Waals surface area contributed by atoms with Crippen molar-refractivity contribution >= 4 is 17.8 Å². The highest BCUT2D eigenvalue weighted by Crippen LogP contribution is 2.27. The van der Waals surface area contributed by atoms with Crippen molar-refractivity contribution < 1.29 is 19.5 Å². The second-order valence-corrected chi connectivity index (χ2v) is 7.15. The maximum absolute atomic E-state index is 12.5. The van der Waals surface area contributed by atoms with Crippen molar-refractivity contribution in [2.24, 2.45) is 11.8 Å². The molecular weight excluding hydrogens is 320 g/mol. The Labute approximate surface area is 147 Å². The molecule has 2 aliphatic rings. The van der Waals surface area contributed by atoms with Crippen LogP contribution in [-0.2, 0) is 20.9 Å². The van der Waals surface area contributed by atoms with Crippen LogP contribution in [0.15, 0.2) is 24.3 Å². The number of carboxylic acid groups (broad SMARTS) is 1. The third-order valence-electron chi connectivity index (χ3n) is 5.24. The average molecular weight is 344 g/mol. The van der Waals surface area contributed by atoms with Crippen LogP contribution in [-0.4, -0.2) is 40.4 Å². The van der Waals surface area contributed by atoms with E-state index in [0.717, 1.165) is 12.0 Å². The van der Waals surface area contributed by atoms with Crippen molar-refractivity contribution in [1.82, 2.24) is 10.2 Å². The highest BCUT2D eigenvalue weighted by molar-refractivity contribution is 5.89. The Bertz CT molecular complexity index is 671. The van der Waals surface area contributed by atoms with Gasteiger partial charge in [0.25, 0.3) is 0 Å². The first-order valence-electron chi connectivity index (χ1n) is 8.80. The Morgan fingerprint density at radius 2 is 1.96 bits per heavy atom. The molecule has 6 nitrogen and oxygen atoms in total. The number of nitrogens with one attached hydrogen (secondary N) is 1. The van der Waals surface area contributed by atoms with Gasteiger partial charge in [-0.25, -0.2) is 0 Å². The van der Waals surface area contributed by atoms with Crippen molar-refractivity contribution in [3.63, 3.8) is 0 Å². The first-order valence-corrected chi connectivity index (χ1v) is 8.80. The van der Waals surface area contributed by atoms with E-state index in [0.29, 0.717) is 25.9 Å². The van der Waals surface area contributed by atoms with Crippen LogP contribution < -0.4 is 5.32 Å². The van der Waals surface area contributed by atoms with Gasteiger partial charge in [-0.1, -0.05) is 36.2 Å². The Kier molecular flexibility index (Phi) is 5.06. The molecule has 134 valence electrons. The number of aryl methyl sites for hydroxylation is 1. The van der Waals surface area contributed by atoms with E-state index in [-0.39, 0.29) is 24.3 Å². The zero-order chi connectivity index (χ0) is 18.0. The van der Waals surface area contributed by atoms with E-state index in [1.165, 1.54) is 5.56 Å². The molecule has 1 unspecified atom stereocenters. The van der Waals surface area contributed by atoms with Crippen LogP contribution in [0, 0.1) is 18.8 Å². The summed E-state index contributed by atoms with van der Waals surface area (Å²) in [6.07, 6.45) is 2.30. The molecule has 0 aromatic heterocycles. The molecule has 1 aliphatic carbocycles. The average Bonchev–Trinajstić information content (AvgIpc) is 3.17. The Hall–Kier alpha value is -2.37. The van der Waals surface area contributed by atoms with E-state index in [9.17, 15) is 19.5 Å². The summed E-state index contributed by atoms with van der Waals surface area (Å²) in [5, 5.41) is 12.1. The molecule has 1 aliphatic heterocycles. The SMILES string of the molecule is Cc1ccc(CN2CC(C(=O)N[C@@H]3CCC[C@@H]3C(=O)O)CC2=O)cc1. The van der Waals surface area contributed by atoms with Crippen LogP contribution in [0.2, 0.25) is 0 Å². The van der Waals surface area contributed by atoms with Gasteiger partial charge in [-0.2, -0.15) is 0 Å². The van der Waals surface area contributed by atoms with E-state index in [2.05, 4.69) is 5.32 Å². The van der Waals surface area contributed by atoms with Gasteiger partial charge in [0.15, 0.2) is 0 Å². The minimum Gasteiger partial charge on any atom is -0.481 e. The predicted octanol–water partition coefficient (Wildman–Crippen LogP) is 1.71. The van der Waals surface area contributed by atoms with Crippen molar-refractivity contribution in [2.75, 3.05) is 6.54 Å². The maximum atomic E-state index is 12.5. The number of hydrogen-bond acceptors (Lipinski definition) is 3. The lowest BCUT2D eigenvalue weighted by Crippen LogP contribution is -2.43. The summed E-state index contributed by atoms with van der Waals surface area (Å²) in [6.45, 7) is 2.91. The molecule has 1 saturated heterocycles. The number of rotatable bonds is 5. The molecule has 25 heavy (non-hydrogen) atoms. The number of likely N-dealkylation sites (tertiary alicyclic amines) is 1. The minimum absolute atomic E-state index is 0.0260. The largest absolute Gasteiger partial charge is 0.481 e. The molecule has 0 spiro atoms. The monoisotopic (exact) mass is 344 g/mol. The smallest absolute Gasteiger partial charge is 0.308 e. The molecular formula is C19H24N2O4. The first kappa shape index (κ1) is 17.5. The quantitative estimate of drug-likeness (QED) is 0.851. The van der Waals surface area contributed by atoms with E-state index in [4.69, 9.17) is 0 Å². The predicted molar refractivity (Wildman–Crippen MR) is 91.6 cm³/mol. The first-order chi connectivity index (χ1) is 11.9. The van der Waals surface area contributed by atoms with Crippen molar-refractivity contribution in [1.29, 1.82) is 0 Å². The fourth-order valence-corrected chi connectivity index (χ4v) is 3.74. The number of aliphatic carboxylic acids is 1. The van der Waals surface area contributed by atoms with Crippen molar-refractivity contribution in [3.8, 4) is 0 Å². The summed E-state index contributed by atoms with van der Waals surface area (Å²) in [4.78, 5) is 37.6. The molecule has 1 heterocycles. The van der Waals surface area contributed by atoms with Gasteiger partial charge < -0.3 is 15.3 Å². The van der Waals surface area contributed by atoms with Crippen LogP contribution in [0.25, 0.3) is 0 Å². The number of amides is 2. The van der Waals surface area contributed by atoms with E-state index in [1.54, 1.807) is 4.90 Å². The fourth-order valence-electron chi connectivity index (χ4n) is 3.74. The van der Waals surface area contributed by atoms with E-state index in [1.807, 2.05) is 31.2 Å². The Morgan fingerprint density at radius 1 is 1.24 bits per heavy atom. The molecule has 3 rings (SSSR count). The second-order valence-electron chi connectivity index (χ2n) is 7.15. The summed E-state index contributed by atoms with van der Waals surface area (Å²) < 4.78 is 0. The summed E-state index contributed by atoms with van der Waals surface area (Å²) >= 11 is 0. The van der Waals surface area contributed by atoms with Crippen LogP contribution >= 0.6 is 0 Å². The van der Waals surface area contributed by atoms with E-state index < -0.39 is 17.8 Å². The number of carbonyl (C=O) groups is 3. The molecule has 1 aromatic rings. The van der Waals surface area contributed by atoms with E-state index >= 15 is 0 Å². The van der Waals surface area contributed by atoms with Crippen molar-refractivity contribution in [2.45, 2.75) is 45.2 Å². The molecule has 3 atom stereocenters. The molecule has 2 N–H and O–H groups in total. The third kappa shape index (κ3) is 4.00. The molecule has 0 radical (unpaired) electrons. The number of benzene rings is 1. The summed E-state index contributed by atoms with van der Waals surface area (Å²) in [5.41, 5.74) is 2.21. The van der Waals surface area contributed by atoms with Crippen molar-refractivity contribution in [3.05, 3.63) is 35.4 Å². The molecule has 0 bridgehead atoms. The number of hydrogen-bond donors (Lipinski definition) is 2. The van der Waals surface area contributed by atoms with Gasteiger partial charge in [0, 0.05) is 25.6 Å². The summed E-state index contributed by atoms with van der Waals surface area (Å²) in [5.74, 6) is -1.98. The highest BCUT2D eigenvalue weighted by atomic mass is 16.4. The topological polar surface area (TPSA) is 86.7 Å². The molecule has 6 heteroatoms. The highest BCUT2D eigenvalue weighted by Gasteiger charge is 2.38. The molecule has 1 aromatic carbocycles. The lowest BCUT2D eigenvalue weighted by Gasteiger charge is -2.20. The van der Waals surface area contributed by atoms with Gasteiger partial charge in [0.2, 0.25) is 11.8 Å². The van der Waals surface area contributed by atoms with Crippen LogP contribution in [0.5, 0.6) is 0 Å². The lowest BCUT2D eigenvalue weighted by atomic mass is 10.0. The van der Waals surface area contributed by atoms with Crippen LogP contribution in [0.1, 0.15) is 36.8 Å². The number of carbonyl (C=O) groups excluding carboxylic acids is 2. The lowest BCUT2D eigenvalue weighted by molar-refractivity contribution is -0.142. The minimum atomic E-state index is -0.855. The van der Waals surface area contributed by atoms with Crippen LogP contribution in [0.4, 0.5) is 0 Å². The summed E-state index contributed by atoms with van der Waals surface area (Å²) in [6, 6.07) is 7.68. The molecule has 1 saturated carbocycles. The molecule has 2 fully saturated rings. The number of nitrogens with zero attached hydrogens (tertiary/aromatic N) is 1. The third-order valence-corrected chi connectivity index (χ3v) is 5.24. The zero-order valence-electron chi connectivity index (χ0n) is 14.4. The normalized spacial score (nSPS) is 26.0. The Morgan fingerprint density at radius 3 is 2.64 bits per heavy atom. The molecule has 2 amide bonds. The van der Waals surface area contributed by atoms with Crippen LogP contribution in [0.3, 0.4) is 0 Å². The van der Waals surface area contributed by atoms with Gasteiger partial charge in [-0.05, 0) is 25.3 Å². The number of carboxylic acids is 1. The standard InChI is InChI=1S/C19H24N2O4/c1-12-5-7-13(8-6-12)10-21-11-14(9-17(21)22)18(23)20-16-4-2-3-15(16)19(24)25/h5-8,14-16H,2-4,9-11H2,1H3,(H,20,23)(H,24,25)/t14?,15-,16+/m0/s1. The zero-order valence-corrected chi connectivity index (χ0v) is 14.4. The Balaban J connectivity index is 1.57. The fraction of sp³-hybridized carbons (Fsp3) is 0.526. The van der Waals surface area contributed by atoms with Gasteiger partial charge in [-0.15, -0.1) is 0 Å². The van der Waals surface area contributed by atoms with Gasteiger partial charge in [0.1, 0.15) is 0 Å². The second kappa shape index (κ2) is 7.25.